The highest BCUT2D eigenvalue weighted by molar-refractivity contribution is 6.31. The molecular weight excluding hydrogens is 167 g/mol. The molecule has 0 aliphatic heterocycles. The Morgan fingerprint density at radius 3 is 2.73 bits per heavy atom. The van der Waals surface area contributed by atoms with Gasteiger partial charge in [-0.2, -0.15) is 0 Å². The van der Waals surface area contributed by atoms with Crippen LogP contribution in [0.3, 0.4) is 0 Å². The van der Waals surface area contributed by atoms with Gasteiger partial charge in [0.25, 0.3) is 0 Å². The fourth-order valence-corrected chi connectivity index (χ4v) is 0.918. The van der Waals surface area contributed by atoms with Gasteiger partial charge in [-0.15, -0.1) is 0 Å². The third-order valence-corrected chi connectivity index (χ3v) is 1.81. The number of halogens is 2. The van der Waals surface area contributed by atoms with Crippen LogP contribution in [-0.2, 0) is 0 Å². The summed E-state index contributed by atoms with van der Waals surface area (Å²) >= 11 is 5.63. The summed E-state index contributed by atoms with van der Waals surface area (Å²) in [6, 6.07) is 2.78. The third-order valence-electron chi connectivity index (χ3n) is 1.40. The number of anilines is 1. The van der Waals surface area contributed by atoms with Gasteiger partial charge in [0, 0.05) is 5.02 Å². The van der Waals surface area contributed by atoms with E-state index in [0.29, 0.717) is 5.02 Å². The predicted molar refractivity (Wildman–Crippen MR) is 44.0 cm³/mol. The molecule has 1 aromatic rings. The van der Waals surface area contributed by atoms with Gasteiger partial charge in [0.2, 0.25) is 0 Å². The maximum atomic E-state index is 12.8. The van der Waals surface area contributed by atoms with Gasteiger partial charge >= 0.3 is 0 Å². The van der Waals surface area contributed by atoms with E-state index in [1.165, 1.54) is 6.07 Å². The van der Waals surface area contributed by atoms with Crippen LogP contribution < -0.4 is 11.3 Å². The fraction of sp³-hybridized carbons (Fsp3) is 0.143. The van der Waals surface area contributed by atoms with Gasteiger partial charge in [0.1, 0.15) is 5.82 Å². The normalized spacial score (nSPS) is 9.82. The number of nitrogens with two attached hydrogens (primary N) is 1. The maximum absolute atomic E-state index is 12.8. The largest absolute Gasteiger partial charge is 0.321 e. The van der Waals surface area contributed by atoms with E-state index in [0.717, 1.165) is 5.56 Å². The molecule has 0 heterocycles. The van der Waals surface area contributed by atoms with Gasteiger partial charge in [0.15, 0.2) is 0 Å². The molecule has 4 heteroatoms. The number of benzene rings is 1. The van der Waals surface area contributed by atoms with Crippen LogP contribution in [-0.4, -0.2) is 0 Å². The zero-order valence-corrected chi connectivity index (χ0v) is 6.74. The van der Waals surface area contributed by atoms with E-state index < -0.39 is 5.82 Å². The maximum Gasteiger partial charge on any atom is 0.149 e. The highest BCUT2D eigenvalue weighted by Crippen LogP contribution is 2.22. The molecule has 0 unspecified atom stereocenters. The number of rotatable bonds is 1. The fourth-order valence-electron chi connectivity index (χ4n) is 0.768. The number of nitrogen functional groups attached to an aromatic ring is 1. The first-order chi connectivity index (χ1) is 5.15. The minimum Gasteiger partial charge on any atom is -0.321 e. The number of aryl methyl sites for hydroxylation is 1. The van der Waals surface area contributed by atoms with Gasteiger partial charge in [-0.25, -0.2) is 4.39 Å². The first-order valence-corrected chi connectivity index (χ1v) is 3.45. The molecule has 11 heavy (non-hydrogen) atoms. The number of hydrazine groups is 1. The van der Waals surface area contributed by atoms with Crippen molar-refractivity contribution in [2.45, 2.75) is 6.92 Å². The van der Waals surface area contributed by atoms with Crippen molar-refractivity contribution in [2.24, 2.45) is 5.84 Å². The molecule has 1 rings (SSSR count). The molecule has 3 N–H and O–H groups in total. The Bertz CT molecular complexity index is 275. The second-order valence-corrected chi connectivity index (χ2v) is 2.63. The monoisotopic (exact) mass is 174 g/mol. The lowest BCUT2D eigenvalue weighted by molar-refractivity contribution is 0.630. The summed E-state index contributed by atoms with van der Waals surface area (Å²) in [6.45, 7) is 1.78. The molecule has 0 bridgehead atoms. The Morgan fingerprint density at radius 1 is 1.55 bits per heavy atom. The summed E-state index contributed by atoms with van der Waals surface area (Å²) in [4.78, 5) is 0. The molecule has 0 saturated heterocycles. The summed E-state index contributed by atoms with van der Waals surface area (Å²) in [6.07, 6.45) is 0. The quantitative estimate of drug-likeness (QED) is 0.505. The summed E-state index contributed by atoms with van der Waals surface area (Å²) in [7, 11) is 0. The van der Waals surface area contributed by atoms with E-state index in [4.69, 9.17) is 17.4 Å². The van der Waals surface area contributed by atoms with E-state index in [9.17, 15) is 4.39 Å². The summed E-state index contributed by atoms with van der Waals surface area (Å²) in [5.41, 5.74) is 3.28. The molecule has 60 valence electrons. The molecule has 2 nitrogen and oxygen atoms in total. The summed E-state index contributed by atoms with van der Waals surface area (Å²) in [5.74, 6) is 4.59. The van der Waals surface area contributed by atoms with Crippen LogP contribution in [0.5, 0.6) is 0 Å². The van der Waals surface area contributed by atoms with E-state index in [-0.39, 0.29) is 5.69 Å². The number of nitrogens with one attached hydrogen (secondary N) is 1. The number of hydrogen-bond donors (Lipinski definition) is 2. The first kappa shape index (κ1) is 8.30. The average Bonchev–Trinajstić information content (AvgIpc) is 1.97. The molecule has 0 aliphatic carbocycles. The average molecular weight is 175 g/mol. The first-order valence-electron chi connectivity index (χ1n) is 3.07. The van der Waals surface area contributed by atoms with E-state index in [1.807, 2.05) is 0 Å². The van der Waals surface area contributed by atoms with Gasteiger partial charge < -0.3 is 5.43 Å². The van der Waals surface area contributed by atoms with Gasteiger partial charge in [-0.3, -0.25) is 5.84 Å². The van der Waals surface area contributed by atoms with Gasteiger partial charge in [-0.1, -0.05) is 11.6 Å². The lowest BCUT2D eigenvalue weighted by Crippen LogP contribution is -2.08. The van der Waals surface area contributed by atoms with Crippen molar-refractivity contribution in [3.63, 3.8) is 0 Å². The molecule has 0 fully saturated rings. The highest BCUT2D eigenvalue weighted by Gasteiger charge is 2.03. The van der Waals surface area contributed by atoms with Crippen molar-refractivity contribution in [1.82, 2.24) is 0 Å². The van der Waals surface area contributed by atoms with Crippen LogP contribution >= 0.6 is 11.6 Å². The minimum atomic E-state index is -0.442. The van der Waals surface area contributed by atoms with Crippen molar-refractivity contribution in [1.29, 1.82) is 0 Å². The topological polar surface area (TPSA) is 38.0 Å². The zero-order chi connectivity index (χ0) is 8.43. The Balaban J connectivity index is 3.21. The second-order valence-electron chi connectivity index (χ2n) is 2.23. The van der Waals surface area contributed by atoms with Crippen molar-refractivity contribution < 1.29 is 4.39 Å². The van der Waals surface area contributed by atoms with E-state index in [1.54, 1.807) is 13.0 Å². The van der Waals surface area contributed by atoms with E-state index >= 15 is 0 Å². The van der Waals surface area contributed by atoms with Crippen LogP contribution in [0.25, 0.3) is 0 Å². The van der Waals surface area contributed by atoms with Gasteiger partial charge in [0.05, 0.1) is 5.69 Å². The molecule has 0 spiro atoms. The second kappa shape index (κ2) is 3.07. The SMILES string of the molecule is Cc1cc(NN)c(F)cc1Cl. The zero-order valence-electron chi connectivity index (χ0n) is 5.99. The summed E-state index contributed by atoms with van der Waals surface area (Å²) < 4.78 is 12.8. The van der Waals surface area contributed by atoms with Crippen LogP contribution in [0, 0.1) is 12.7 Å². The van der Waals surface area contributed by atoms with Crippen molar-refractivity contribution in [3.05, 3.63) is 28.5 Å². The van der Waals surface area contributed by atoms with E-state index in [2.05, 4.69) is 5.43 Å². The standard InChI is InChI=1S/C7H8ClFN2/c1-4-2-7(11-10)6(9)3-5(4)8/h2-3,11H,10H2,1H3. The van der Waals surface area contributed by atoms with Crippen LogP contribution in [0.15, 0.2) is 12.1 Å². The molecule has 0 aliphatic rings. The van der Waals surface area contributed by atoms with Crippen LogP contribution in [0.1, 0.15) is 5.56 Å². The number of hydrogen-bond acceptors (Lipinski definition) is 2. The molecule has 0 atom stereocenters. The highest BCUT2D eigenvalue weighted by atomic mass is 35.5. The van der Waals surface area contributed by atoms with Crippen LogP contribution in [0.4, 0.5) is 10.1 Å². The lowest BCUT2D eigenvalue weighted by atomic mass is 10.2. The van der Waals surface area contributed by atoms with Crippen LogP contribution in [0.2, 0.25) is 5.02 Å². The molecule has 0 amide bonds. The molecular formula is C7H8ClFN2. The smallest absolute Gasteiger partial charge is 0.149 e. The Hall–Kier alpha value is -0.800. The third kappa shape index (κ3) is 1.61. The Labute approximate surface area is 69.1 Å². The van der Waals surface area contributed by atoms with Crippen molar-refractivity contribution >= 4 is 17.3 Å². The molecule has 0 radical (unpaired) electrons. The molecule has 0 aromatic heterocycles. The van der Waals surface area contributed by atoms with Crippen molar-refractivity contribution in [2.75, 3.05) is 5.43 Å². The minimum absolute atomic E-state index is 0.256. The Morgan fingerprint density at radius 2 is 2.18 bits per heavy atom. The predicted octanol–water partition coefficient (Wildman–Crippen LogP) is 2.07. The lowest BCUT2D eigenvalue weighted by Gasteiger charge is -2.04. The molecule has 1 aromatic carbocycles. The van der Waals surface area contributed by atoms with Crippen molar-refractivity contribution in [3.8, 4) is 0 Å². The molecule has 0 saturated carbocycles. The Kier molecular flexibility index (Phi) is 2.31. The summed E-state index contributed by atoms with van der Waals surface area (Å²) in [5, 5.41) is 0.404. The van der Waals surface area contributed by atoms with Gasteiger partial charge in [-0.05, 0) is 24.6 Å².